The largest absolute Gasteiger partial charge is 0.508 e. The van der Waals surface area contributed by atoms with Crippen molar-refractivity contribution in [3.8, 4) is 5.75 Å². The van der Waals surface area contributed by atoms with E-state index in [0.29, 0.717) is 50.4 Å². The minimum atomic E-state index is -1.28. The number of hydrogen-bond acceptors (Lipinski definition) is 7. The molecule has 5 aliphatic carbocycles. The van der Waals surface area contributed by atoms with Gasteiger partial charge in [0.1, 0.15) is 11.9 Å². The molecule has 7 nitrogen and oxygen atoms in total. The zero-order chi connectivity index (χ0) is 31.4. The zero-order valence-electron chi connectivity index (χ0n) is 26.8. The van der Waals surface area contributed by atoms with Crippen molar-refractivity contribution in [3.05, 3.63) is 41.5 Å². The lowest BCUT2D eigenvalue weighted by atomic mass is 9.40. The first-order valence-corrected chi connectivity index (χ1v) is 17.3. The fourth-order valence-electron chi connectivity index (χ4n) is 11.7. The number of benzene rings is 1. The van der Waals surface area contributed by atoms with Crippen molar-refractivity contribution >= 4 is 5.78 Å². The lowest BCUT2D eigenvalue weighted by Gasteiger charge is -2.65. The number of phenols is 1. The summed E-state index contributed by atoms with van der Waals surface area (Å²) in [5, 5.41) is 57.8. The van der Waals surface area contributed by atoms with Crippen LogP contribution in [0.3, 0.4) is 0 Å². The molecule has 5 N–H and O–H groups in total. The summed E-state index contributed by atoms with van der Waals surface area (Å²) in [6, 6.07) is 7.27. The molecule has 1 saturated heterocycles. The number of aliphatic hydroxyl groups excluding tert-OH is 2. The SMILES string of the molecule is CC(C)[C@@H](C)[C@H]1O[C@H]1[C@](C)(O)[C@@H]1CC[C@]2(O)C3=CC(=O)[C@H]4[C@H]5CCC[C@]4(C[C@H](O)[C@@H]5O)[C@@H]3CC[C@]12CCc1cccc(O)c1. The number of phenolic OH excluding ortho intramolecular Hbond substituents is 1. The molecular formula is C37H52O7. The van der Waals surface area contributed by atoms with Crippen LogP contribution in [-0.4, -0.2) is 66.9 Å². The number of rotatable bonds is 7. The van der Waals surface area contributed by atoms with Crippen LogP contribution >= 0.6 is 0 Å². The Labute approximate surface area is 261 Å². The van der Waals surface area contributed by atoms with Crippen LogP contribution in [0.2, 0.25) is 0 Å². The molecule has 5 fully saturated rings. The van der Waals surface area contributed by atoms with E-state index in [1.54, 1.807) is 18.2 Å². The minimum Gasteiger partial charge on any atom is -0.508 e. The number of epoxide rings is 1. The van der Waals surface area contributed by atoms with Crippen LogP contribution in [0.4, 0.5) is 0 Å². The summed E-state index contributed by atoms with van der Waals surface area (Å²) in [5.74, 6) is 0.0927. The molecule has 0 radical (unpaired) electrons. The van der Waals surface area contributed by atoms with E-state index in [2.05, 4.69) is 20.8 Å². The Morgan fingerprint density at radius 1 is 1.09 bits per heavy atom. The fraction of sp³-hybridized carbons (Fsp3) is 0.757. The van der Waals surface area contributed by atoms with E-state index in [0.717, 1.165) is 36.8 Å². The van der Waals surface area contributed by atoms with Gasteiger partial charge < -0.3 is 30.3 Å². The van der Waals surface area contributed by atoms with E-state index in [9.17, 15) is 30.3 Å². The zero-order valence-corrected chi connectivity index (χ0v) is 26.8. The van der Waals surface area contributed by atoms with Crippen molar-refractivity contribution in [2.45, 2.75) is 128 Å². The number of ether oxygens (including phenoxy) is 1. The molecule has 1 aromatic rings. The quantitative estimate of drug-likeness (QED) is 0.284. The normalized spacial score (nSPS) is 46.4. The Hall–Kier alpha value is -1.77. The van der Waals surface area contributed by atoms with Gasteiger partial charge in [0.05, 0.1) is 29.5 Å². The summed E-state index contributed by atoms with van der Waals surface area (Å²) in [4.78, 5) is 14.1. The molecule has 0 unspecified atom stereocenters. The maximum absolute atomic E-state index is 14.1. The Kier molecular flexibility index (Phi) is 7.27. The number of allylic oxidation sites excluding steroid dienone is 1. The van der Waals surface area contributed by atoms with Gasteiger partial charge in [-0.05, 0) is 129 Å². The first-order valence-electron chi connectivity index (χ1n) is 17.3. The molecule has 13 atom stereocenters. The number of carbonyl (C=O) groups is 1. The van der Waals surface area contributed by atoms with Gasteiger partial charge in [0.15, 0.2) is 5.78 Å². The molecule has 7 rings (SSSR count). The highest BCUT2D eigenvalue weighted by Crippen LogP contribution is 2.72. The van der Waals surface area contributed by atoms with Crippen molar-refractivity contribution in [2.75, 3.05) is 0 Å². The van der Waals surface area contributed by atoms with Crippen molar-refractivity contribution in [3.63, 3.8) is 0 Å². The van der Waals surface area contributed by atoms with Gasteiger partial charge in [0.2, 0.25) is 0 Å². The molecule has 1 aromatic carbocycles. The predicted octanol–water partition coefficient (Wildman–Crippen LogP) is 4.71. The van der Waals surface area contributed by atoms with Gasteiger partial charge in [-0.15, -0.1) is 0 Å². The summed E-state index contributed by atoms with van der Waals surface area (Å²) in [7, 11) is 0. The highest BCUT2D eigenvalue weighted by atomic mass is 16.6. The third-order valence-corrected chi connectivity index (χ3v) is 14.1. The summed E-state index contributed by atoms with van der Waals surface area (Å²) < 4.78 is 6.24. The monoisotopic (exact) mass is 608 g/mol. The van der Waals surface area contributed by atoms with E-state index in [1.807, 2.05) is 19.1 Å². The van der Waals surface area contributed by atoms with Crippen LogP contribution in [0.1, 0.15) is 91.0 Å². The van der Waals surface area contributed by atoms with Gasteiger partial charge >= 0.3 is 0 Å². The molecule has 7 heteroatoms. The smallest absolute Gasteiger partial charge is 0.159 e. The van der Waals surface area contributed by atoms with Crippen molar-refractivity contribution in [2.24, 2.45) is 46.3 Å². The minimum absolute atomic E-state index is 0.00401. The number of fused-ring (bicyclic) bond motifs is 3. The first kappa shape index (κ1) is 30.9. The molecule has 1 heterocycles. The van der Waals surface area contributed by atoms with Crippen LogP contribution in [0.5, 0.6) is 5.75 Å². The number of aryl methyl sites for hydroxylation is 1. The number of aliphatic hydroxyl groups is 4. The van der Waals surface area contributed by atoms with Crippen LogP contribution in [0.15, 0.2) is 35.9 Å². The second-order valence-corrected chi connectivity index (χ2v) is 16.3. The number of hydrogen-bond donors (Lipinski definition) is 5. The average Bonchev–Trinajstić information content (AvgIpc) is 3.72. The lowest BCUT2D eigenvalue weighted by molar-refractivity contribution is -0.194. The van der Waals surface area contributed by atoms with Crippen LogP contribution < -0.4 is 0 Å². The molecule has 0 spiro atoms. The second-order valence-electron chi connectivity index (χ2n) is 16.3. The maximum Gasteiger partial charge on any atom is 0.159 e. The van der Waals surface area contributed by atoms with E-state index in [4.69, 9.17) is 4.74 Å². The molecule has 242 valence electrons. The van der Waals surface area contributed by atoms with E-state index >= 15 is 0 Å². The molecule has 2 bridgehead atoms. The van der Waals surface area contributed by atoms with Gasteiger partial charge in [0, 0.05) is 11.3 Å². The number of ketones is 1. The Bertz CT molecular complexity index is 1340. The second kappa shape index (κ2) is 10.4. The predicted molar refractivity (Wildman–Crippen MR) is 166 cm³/mol. The Morgan fingerprint density at radius 3 is 2.59 bits per heavy atom. The van der Waals surface area contributed by atoms with Gasteiger partial charge in [-0.2, -0.15) is 0 Å². The lowest BCUT2D eigenvalue weighted by Crippen LogP contribution is -2.66. The van der Waals surface area contributed by atoms with Gasteiger partial charge in [-0.3, -0.25) is 4.79 Å². The number of carbonyl (C=O) groups excluding carboxylic acids is 1. The maximum atomic E-state index is 14.1. The van der Waals surface area contributed by atoms with E-state index in [1.165, 1.54) is 0 Å². The summed E-state index contributed by atoms with van der Waals surface area (Å²) in [6.07, 6.45) is 6.36. The molecule has 6 aliphatic rings. The molecular weight excluding hydrogens is 556 g/mol. The molecule has 1 aliphatic heterocycles. The number of aromatic hydroxyl groups is 1. The standard InChI is InChI=1S/C37H52O7/c1-20(2)21(3)32-33(44-32)34(4,42)29-12-16-37(43)26-18-27(39)30-24-9-6-13-35(30,19-28(40)31(24)41)25(26)11-15-36(29,37)14-10-22-7-5-8-23(38)17-22/h5,7-8,17-18,20-21,24-25,28-33,38,40-43H,6,9-16,19H2,1-4H3/t21-,24-,25-,28+,29+,30-,31-,32-,33-,34-,35+,36-,37+/m1/s1. The molecule has 4 saturated carbocycles. The highest BCUT2D eigenvalue weighted by Gasteiger charge is 2.73. The van der Waals surface area contributed by atoms with E-state index < -0.39 is 34.2 Å². The van der Waals surface area contributed by atoms with Crippen LogP contribution in [0, 0.1) is 46.3 Å². The molecule has 44 heavy (non-hydrogen) atoms. The topological polar surface area (TPSA) is 131 Å². The first-order chi connectivity index (χ1) is 20.8. The van der Waals surface area contributed by atoms with Crippen molar-refractivity contribution in [1.29, 1.82) is 0 Å². The highest BCUT2D eigenvalue weighted by molar-refractivity contribution is 5.95. The van der Waals surface area contributed by atoms with Crippen LogP contribution in [-0.2, 0) is 16.0 Å². The van der Waals surface area contributed by atoms with Crippen LogP contribution in [0.25, 0.3) is 0 Å². The summed E-state index contributed by atoms with van der Waals surface area (Å²) in [5.41, 5.74) is -1.79. The third kappa shape index (κ3) is 4.21. The average molecular weight is 609 g/mol. The molecule has 0 aromatic heterocycles. The Balaban J connectivity index is 1.30. The van der Waals surface area contributed by atoms with E-state index in [-0.39, 0.29) is 47.4 Å². The van der Waals surface area contributed by atoms with Gasteiger partial charge in [-0.25, -0.2) is 0 Å². The Morgan fingerprint density at radius 2 is 1.86 bits per heavy atom. The molecule has 0 amide bonds. The summed E-state index contributed by atoms with van der Waals surface area (Å²) in [6.45, 7) is 8.45. The third-order valence-electron chi connectivity index (χ3n) is 14.1. The fourth-order valence-corrected chi connectivity index (χ4v) is 11.7. The summed E-state index contributed by atoms with van der Waals surface area (Å²) >= 11 is 0. The van der Waals surface area contributed by atoms with Gasteiger partial charge in [0.25, 0.3) is 0 Å². The van der Waals surface area contributed by atoms with Crippen molar-refractivity contribution in [1.82, 2.24) is 0 Å². The van der Waals surface area contributed by atoms with Gasteiger partial charge in [-0.1, -0.05) is 39.3 Å². The van der Waals surface area contributed by atoms with Crippen molar-refractivity contribution < 1.29 is 35.1 Å².